The molecule has 0 bridgehead atoms. The van der Waals surface area contributed by atoms with Gasteiger partial charge in [0.15, 0.2) is 0 Å². The van der Waals surface area contributed by atoms with Crippen LogP contribution in [0, 0.1) is 11.8 Å². The van der Waals surface area contributed by atoms with Crippen LogP contribution < -0.4 is 5.73 Å². The summed E-state index contributed by atoms with van der Waals surface area (Å²) in [4.78, 5) is 0. The van der Waals surface area contributed by atoms with Crippen molar-refractivity contribution in [2.45, 2.75) is 32.7 Å². The number of ether oxygens (including phenoxy) is 1. The minimum absolute atomic E-state index is 0.339. The highest BCUT2D eigenvalue weighted by Crippen LogP contribution is 2.19. The molecule has 1 aliphatic heterocycles. The summed E-state index contributed by atoms with van der Waals surface area (Å²) >= 11 is 2.00. The molecule has 3 atom stereocenters. The minimum atomic E-state index is 0.339. The van der Waals surface area contributed by atoms with E-state index in [1.54, 1.807) is 0 Å². The maximum absolute atomic E-state index is 6.11. The van der Waals surface area contributed by atoms with E-state index < -0.39 is 0 Å². The van der Waals surface area contributed by atoms with E-state index in [9.17, 15) is 0 Å². The van der Waals surface area contributed by atoms with Crippen molar-refractivity contribution in [2.75, 3.05) is 24.7 Å². The van der Waals surface area contributed by atoms with Gasteiger partial charge in [-0.05, 0) is 18.1 Å². The molecule has 0 saturated carbocycles. The van der Waals surface area contributed by atoms with Crippen LogP contribution in [0.25, 0.3) is 0 Å². The molecule has 14 heavy (non-hydrogen) atoms. The van der Waals surface area contributed by atoms with Crippen molar-refractivity contribution >= 4 is 11.8 Å². The molecule has 84 valence electrons. The number of nitrogens with two attached hydrogens (primary N) is 1. The van der Waals surface area contributed by atoms with Crippen LogP contribution in [0.4, 0.5) is 0 Å². The number of hydrogen-bond acceptors (Lipinski definition) is 3. The van der Waals surface area contributed by atoms with Gasteiger partial charge in [0.1, 0.15) is 0 Å². The third kappa shape index (κ3) is 4.20. The molecule has 3 heteroatoms. The highest BCUT2D eigenvalue weighted by Gasteiger charge is 2.22. The van der Waals surface area contributed by atoms with Gasteiger partial charge in [-0.25, -0.2) is 0 Å². The van der Waals surface area contributed by atoms with Gasteiger partial charge < -0.3 is 10.5 Å². The Hall–Kier alpha value is 0.270. The fourth-order valence-corrected chi connectivity index (χ4v) is 2.87. The van der Waals surface area contributed by atoms with Gasteiger partial charge in [0.05, 0.1) is 6.61 Å². The van der Waals surface area contributed by atoms with E-state index >= 15 is 0 Å². The van der Waals surface area contributed by atoms with Gasteiger partial charge in [-0.2, -0.15) is 11.8 Å². The first-order chi connectivity index (χ1) is 6.74. The van der Waals surface area contributed by atoms with E-state index in [0.717, 1.165) is 31.3 Å². The fourth-order valence-electron chi connectivity index (χ4n) is 1.55. The van der Waals surface area contributed by atoms with E-state index in [4.69, 9.17) is 10.5 Å². The predicted octanol–water partition coefficient (Wildman–Crippen LogP) is 2.13. The maximum Gasteiger partial charge on any atom is 0.0510 e. The molecule has 1 rings (SSSR count). The summed E-state index contributed by atoms with van der Waals surface area (Å²) in [7, 11) is 0. The lowest BCUT2D eigenvalue weighted by Crippen LogP contribution is -2.33. The Balaban J connectivity index is 2.05. The van der Waals surface area contributed by atoms with Gasteiger partial charge in [-0.3, -0.25) is 0 Å². The van der Waals surface area contributed by atoms with Crippen molar-refractivity contribution in [3.05, 3.63) is 0 Å². The number of thioether (sulfide) groups is 1. The molecule has 2 nitrogen and oxygen atoms in total. The third-order valence-electron chi connectivity index (χ3n) is 2.98. The molecular formula is C11H23NOS. The van der Waals surface area contributed by atoms with Crippen LogP contribution in [-0.2, 0) is 4.74 Å². The summed E-state index contributed by atoms with van der Waals surface area (Å²) in [5.74, 6) is 3.78. The Kier molecular flexibility index (Phi) is 5.90. The Bertz CT molecular complexity index is 148. The van der Waals surface area contributed by atoms with Gasteiger partial charge in [0.25, 0.3) is 0 Å². The van der Waals surface area contributed by atoms with Crippen LogP contribution in [0.5, 0.6) is 0 Å². The molecule has 0 radical (unpaired) electrons. The lowest BCUT2D eigenvalue weighted by molar-refractivity contribution is 0.182. The zero-order valence-electron chi connectivity index (χ0n) is 9.37. The minimum Gasteiger partial charge on any atom is -0.381 e. The number of hydrogen-bond donors (Lipinski definition) is 1. The quantitative estimate of drug-likeness (QED) is 0.740. The topological polar surface area (TPSA) is 35.2 Å². The Labute approximate surface area is 92.0 Å². The van der Waals surface area contributed by atoms with Gasteiger partial charge >= 0.3 is 0 Å². The van der Waals surface area contributed by atoms with Crippen molar-refractivity contribution in [2.24, 2.45) is 17.6 Å². The summed E-state index contributed by atoms with van der Waals surface area (Å²) < 4.78 is 5.34. The molecule has 0 aromatic carbocycles. The Morgan fingerprint density at radius 1 is 1.50 bits per heavy atom. The Morgan fingerprint density at radius 2 is 2.29 bits per heavy atom. The molecule has 2 N–H and O–H groups in total. The van der Waals surface area contributed by atoms with E-state index in [2.05, 4.69) is 13.8 Å². The lowest BCUT2D eigenvalue weighted by Gasteiger charge is -2.17. The molecule has 1 saturated heterocycles. The van der Waals surface area contributed by atoms with E-state index in [1.807, 2.05) is 11.8 Å². The number of rotatable bonds is 6. The van der Waals surface area contributed by atoms with Crippen LogP contribution in [0.15, 0.2) is 0 Å². The van der Waals surface area contributed by atoms with Crippen molar-refractivity contribution in [1.29, 1.82) is 0 Å². The molecular weight excluding hydrogens is 194 g/mol. The first-order valence-corrected chi connectivity index (χ1v) is 6.80. The molecule has 1 fully saturated rings. The average molecular weight is 217 g/mol. The second-order valence-corrected chi connectivity index (χ2v) is 5.41. The Morgan fingerprint density at radius 3 is 2.86 bits per heavy atom. The van der Waals surface area contributed by atoms with Crippen molar-refractivity contribution < 1.29 is 4.74 Å². The molecule has 1 heterocycles. The van der Waals surface area contributed by atoms with Crippen LogP contribution in [0.3, 0.4) is 0 Å². The zero-order chi connectivity index (χ0) is 10.4. The summed E-state index contributed by atoms with van der Waals surface area (Å²) in [6.45, 7) is 6.34. The SMILES string of the molecule is CCC(C)CSCC(N)C1CCOC1. The third-order valence-corrected chi connectivity index (χ3v) is 4.41. The first-order valence-electron chi connectivity index (χ1n) is 5.65. The van der Waals surface area contributed by atoms with Crippen LogP contribution in [0.1, 0.15) is 26.7 Å². The van der Waals surface area contributed by atoms with Crippen molar-refractivity contribution in [3.63, 3.8) is 0 Å². The standard InChI is InChI=1S/C11H23NOS/c1-3-9(2)7-14-8-11(12)10-4-5-13-6-10/h9-11H,3-8,12H2,1-2H3. The van der Waals surface area contributed by atoms with Gasteiger partial charge in [-0.1, -0.05) is 20.3 Å². The van der Waals surface area contributed by atoms with Crippen LogP contribution >= 0.6 is 11.8 Å². The lowest BCUT2D eigenvalue weighted by atomic mass is 10.0. The molecule has 0 aliphatic carbocycles. The summed E-state index contributed by atoms with van der Waals surface area (Å²) in [6.07, 6.45) is 2.43. The summed E-state index contributed by atoms with van der Waals surface area (Å²) in [5.41, 5.74) is 6.11. The molecule has 0 amide bonds. The highest BCUT2D eigenvalue weighted by molar-refractivity contribution is 7.99. The van der Waals surface area contributed by atoms with Gasteiger partial charge in [0.2, 0.25) is 0 Å². The van der Waals surface area contributed by atoms with Gasteiger partial charge in [-0.15, -0.1) is 0 Å². The normalized spacial score (nSPS) is 26.4. The maximum atomic E-state index is 6.11. The van der Waals surface area contributed by atoms with Crippen LogP contribution in [0.2, 0.25) is 0 Å². The van der Waals surface area contributed by atoms with Crippen molar-refractivity contribution in [1.82, 2.24) is 0 Å². The first kappa shape index (κ1) is 12.3. The molecule has 0 aromatic heterocycles. The predicted molar refractivity (Wildman–Crippen MR) is 63.7 cm³/mol. The van der Waals surface area contributed by atoms with E-state index in [0.29, 0.717) is 12.0 Å². The molecule has 0 aromatic rings. The van der Waals surface area contributed by atoms with Gasteiger partial charge in [0, 0.05) is 24.3 Å². The summed E-state index contributed by atoms with van der Waals surface area (Å²) in [5, 5.41) is 0. The second-order valence-electron chi connectivity index (χ2n) is 4.34. The molecule has 1 aliphatic rings. The summed E-state index contributed by atoms with van der Waals surface area (Å²) in [6, 6.07) is 0.339. The van der Waals surface area contributed by atoms with E-state index in [-0.39, 0.29) is 0 Å². The zero-order valence-corrected chi connectivity index (χ0v) is 10.2. The fraction of sp³-hybridized carbons (Fsp3) is 1.00. The monoisotopic (exact) mass is 217 g/mol. The van der Waals surface area contributed by atoms with E-state index in [1.165, 1.54) is 12.2 Å². The largest absolute Gasteiger partial charge is 0.381 e. The van der Waals surface area contributed by atoms with Crippen LogP contribution in [-0.4, -0.2) is 30.8 Å². The second kappa shape index (κ2) is 6.70. The smallest absolute Gasteiger partial charge is 0.0510 e. The highest BCUT2D eigenvalue weighted by atomic mass is 32.2. The van der Waals surface area contributed by atoms with Crippen molar-refractivity contribution in [3.8, 4) is 0 Å². The molecule has 0 spiro atoms. The molecule has 3 unspecified atom stereocenters. The average Bonchev–Trinajstić information content (AvgIpc) is 2.70.